The number of hydrogen-bond acceptors (Lipinski definition) is 3. The Labute approximate surface area is 108 Å². The number of carbonyl (C=O) groups excluding carboxylic acids is 1. The van der Waals surface area contributed by atoms with E-state index in [2.05, 4.69) is 0 Å². The number of urea groups is 1. The molecule has 1 aromatic rings. The van der Waals surface area contributed by atoms with Gasteiger partial charge in [0.05, 0.1) is 4.90 Å². The van der Waals surface area contributed by atoms with E-state index in [-0.39, 0.29) is 11.4 Å². The fraction of sp³-hybridized carbons (Fsp3) is 0.417. The van der Waals surface area contributed by atoms with Crippen LogP contribution >= 0.6 is 0 Å². The number of sulfonamides is 1. The van der Waals surface area contributed by atoms with E-state index in [4.69, 9.17) is 5.73 Å². The molecule has 0 aliphatic heterocycles. The molecule has 0 unspecified atom stereocenters. The van der Waals surface area contributed by atoms with E-state index in [1.807, 2.05) is 13.8 Å². The summed E-state index contributed by atoms with van der Waals surface area (Å²) < 4.78 is 25.2. The van der Waals surface area contributed by atoms with Crippen molar-refractivity contribution in [1.82, 2.24) is 4.31 Å². The van der Waals surface area contributed by atoms with E-state index >= 15 is 0 Å². The fourth-order valence-electron chi connectivity index (χ4n) is 1.49. The highest BCUT2D eigenvalue weighted by Crippen LogP contribution is 2.16. The Bertz CT molecular complexity index is 509. The van der Waals surface area contributed by atoms with Gasteiger partial charge < -0.3 is 5.73 Å². The SMILES string of the molecule is CCCCN(C(N)=O)S(=O)(=O)c1ccc(C)cc1. The van der Waals surface area contributed by atoms with E-state index in [0.29, 0.717) is 6.42 Å². The first kappa shape index (κ1) is 14.5. The van der Waals surface area contributed by atoms with Crippen LogP contribution in [-0.4, -0.2) is 25.3 Å². The van der Waals surface area contributed by atoms with Crippen LogP contribution in [0.15, 0.2) is 29.2 Å². The van der Waals surface area contributed by atoms with E-state index < -0.39 is 16.1 Å². The van der Waals surface area contributed by atoms with E-state index in [0.717, 1.165) is 16.3 Å². The van der Waals surface area contributed by atoms with Crippen LogP contribution < -0.4 is 5.73 Å². The molecule has 1 rings (SSSR count). The first-order chi connectivity index (χ1) is 8.39. The van der Waals surface area contributed by atoms with Crippen molar-refractivity contribution in [2.24, 2.45) is 5.73 Å². The van der Waals surface area contributed by atoms with Crippen LogP contribution in [0.3, 0.4) is 0 Å². The van der Waals surface area contributed by atoms with Crippen molar-refractivity contribution < 1.29 is 13.2 Å². The van der Waals surface area contributed by atoms with Gasteiger partial charge in [0, 0.05) is 6.54 Å². The molecule has 0 bridgehead atoms. The number of nitrogens with two attached hydrogens (primary N) is 1. The zero-order valence-corrected chi connectivity index (χ0v) is 11.4. The summed E-state index contributed by atoms with van der Waals surface area (Å²) >= 11 is 0. The van der Waals surface area contributed by atoms with Crippen molar-refractivity contribution in [3.05, 3.63) is 29.8 Å². The second-order valence-corrected chi connectivity index (χ2v) is 5.94. The molecule has 0 fully saturated rings. The molecule has 0 saturated carbocycles. The van der Waals surface area contributed by atoms with Gasteiger partial charge in [-0.1, -0.05) is 31.0 Å². The minimum atomic E-state index is -3.83. The lowest BCUT2D eigenvalue weighted by Crippen LogP contribution is -2.41. The van der Waals surface area contributed by atoms with Gasteiger partial charge in [0.2, 0.25) is 0 Å². The van der Waals surface area contributed by atoms with Crippen LogP contribution in [-0.2, 0) is 10.0 Å². The van der Waals surface area contributed by atoms with Gasteiger partial charge in [0.15, 0.2) is 0 Å². The molecule has 0 aliphatic carbocycles. The minimum absolute atomic E-state index is 0.0861. The van der Waals surface area contributed by atoms with E-state index in [1.54, 1.807) is 12.1 Å². The molecule has 2 N–H and O–H groups in total. The molecule has 100 valence electrons. The number of aryl methyl sites for hydroxylation is 1. The molecule has 2 amide bonds. The Hall–Kier alpha value is -1.56. The Balaban J connectivity index is 3.09. The number of nitrogens with zero attached hydrogens (tertiary/aromatic N) is 1. The maximum absolute atomic E-state index is 12.2. The molecule has 5 nitrogen and oxygen atoms in total. The average molecular weight is 270 g/mol. The molecule has 18 heavy (non-hydrogen) atoms. The summed E-state index contributed by atoms with van der Waals surface area (Å²) in [7, 11) is -3.83. The maximum atomic E-state index is 12.2. The maximum Gasteiger partial charge on any atom is 0.328 e. The molecule has 0 saturated heterocycles. The first-order valence-electron chi connectivity index (χ1n) is 5.78. The molecule has 1 aromatic carbocycles. The molecule has 6 heteroatoms. The Morgan fingerprint density at radius 1 is 1.28 bits per heavy atom. The molecular formula is C12H18N2O3S. The Morgan fingerprint density at radius 2 is 1.83 bits per heavy atom. The second-order valence-electron chi connectivity index (χ2n) is 4.08. The van der Waals surface area contributed by atoms with Crippen molar-refractivity contribution in [1.29, 1.82) is 0 Å². The predicted octanol–water partition coefficient (Wildman–Crippen LogP) is 1.86. The smallest absolute Gasteiger partial charge is 0.328 e. The molecular weight excluding hydrogens is 252 g/mol. The number of rotatable bonds is 5. The van der Waals surface area contributed by atoms with Crippen LogP contribution in [0.5, 0.6) is 0 Å². The van der Waals surface area contributed by atoms with Crippen LogP contribution in [0.25, 0.3) is 0 Å². The summed E-state index contributed by atoms with van der Waals surface area (Å²) in [5, 5.41) is 0. The van der Waals surface area contributed by atoms with E-state index in [1.165, 1.54) is 12.1 Å². The lowest BCUT2D eigenvalue weighted by molar-refractivity contribution is 0.231. The highest BCUT2D eigenvalue weighted by molar-refractivity contribution is 7.89. The van der Waals surface area contributed by atoms with Gasteiger partial charge in [-0.05, 0) is 25.5 Å². The summed E-state index contributed by atoms with van der Waals surface area (Å²) in [5.41, 5.74) is 6.09. The van der Waals surface area contributed by atoms with Gasteiger partial charge in [0.1, 0.15) is 0 Å². The largest absolute Gasteiger partial charge is 0.351 e. The van der Waals surface area contributed by atoms with Crippen molar-refractivity contribution >= 4 is 16.1 Å². The molecule has 0 heterocycles. The van der Waals surface area contributed by atoms with Gasteiger partial charge in [0.25, 0.3) is 10.0 Å². The van der Waals surface area contributed by atoms with Crippen molar-refractivity contribution in [2.45, 2.75) is 31.6 Å². The zero-order valence-electron chi connectivity index (χ0n) is 10.6. The fourth-order valence-corrected chi connectivity index (χ4v) is 2.83. The topological polar surface area (TPSA) is 80.5 Å². The molecule has 0 aliphatic rings. The summed E-state index contributed by atoms with van der Waals surface area (Å²) in [6.45, 7) is 3.89. The minimum Gasteiger partial charge on any atom is -0.351 e. The van der Waals surface area contributed by atoms with Gasteiger partial charge in [-0.3, -0.25) is 0 Å². The Kier molecular flexibility index (Phi) is 4.72. The third-order valence-corrected chi connectivity index (χ3v) is 4.38. The second kappa shape index (κ2) is 5.86. The van der Waals surface area contributed by atoms with Crippen molar-refractivity contribution in [2.75, 3.05) is 6.54 Å². The highest BCUT2D eigenvalue weighted by atomic mass is 32.2. The average Bonchev–Trinajstić information content (AvgIpc) is 2.29. The van der Waals surface area contributed by atoms with Crippen LogP contribution in [0, 0.1) is 6.92 Å². The quantitative estimate of drug-likeness (QED) is 0.886. The van der Waals surface area contributed by atoms with E-state index in [9.17, 15) is 13.2 Å². The summed E-state index contributed by atoms with van der Waals surface area (Å²) in [6.07, 6.45) is 1.38. The van der Waals surface area contributed by atoms with Crippen molar-refractivity contribution in [3.63, 3.8) is 0 Å². The number of primary amides is 1. The van der Waals surface area contributed by atoms with Crippen LogP contribution in [0.4, 0.5) is 4.79 Å². The monoisotopic (exact) mass is 270 g/mol. The number of hydrogen-bond donors (Lipinski definition) is 1. The summed E-state index contributed by atoms with van der Waals surface area (Å²) in [5.74, 6) is 0. The Morgan fingerprint density at radius 3 is 2.28 bits per heavy atom. The van der Waals surface area contributed by atoms with Gasteiger partial charge in [-0.25, -0.2) is 17.5 Å². The number of unbranched alkanes of at least 4 members (excludes halogenated alkanes) is 1. The van der Waals surface area contributed by atoms with Crippen LogP contribution in [0.2, 0.25) is 0 Å². The number of carbonyl (C=O) groups is 1. The number of benzene rings is 1. The molecule has 0 spiro atoms. The third kappa shape index (κ3) is 3.22. The van der Waals surface area contributed by atoms with Gasteiger partial charge in [-0.15, -0.1) is 0 Å². The third-order valence-electron chi connectivity index (χ3n) is 2.57. The molecule has 0 atom stereocenters. The molecule has 0 aromatic heterocycles. The van der Waals surface area contributed by atoms with Gasteiger partial charge >= 0.3 is 6.03 Å². The highest BCUT2D eigenvalue weighted by Gasteiger charge is 2.26. The summed E-state index contributed by atoms with van der Waals surface area (Å²) in [4.78, 5) is 11.3. The summed E-state index contributed by atoms with van der Waals surface area (Å²) in [6, 6.07) is 5.39. The van der Waals surface area contributed by atoms with Gasteiger partial charge in [-0.2, -0.15) is 0 Å². The normalized spacial score (nSPS) is 11.2. The zero-order chi connectivity index (χ0) is 13.8. The van der Waals surface area contributed by atoms with Crippen molar-refractivity contribution in [3.8, 4) is 0 Å². The standard InChI is InChI=1S/C12H18N2O3S/c1-3-4-9-14(12(13)15)18(16,17)11-7-5-10(2)6-8-11/h5-8H,3-4,9H2,1-2H3,(H2,13,15). The predicted molar refractivity (Wildman–Crippen MR) is 69.6 cm³/mol. The first-order valence-corrected chi connectivity index (χ1v) is 7.22. The lowest BCUT2D eigenvalue weighted by atomic mass is 10.2. The molecule has 0 radical (unpaired) electrons. The van der Waals surface area contributed by atoms with Crippen LogP contribution in [0.1, 0.15) is 25.3 Å². The number of amides is 2. The lowest BCUT2D eigenvalue weighted by Gasteiger charge is -2.20.